The summed E-state index contributed by atoms with van der Waals surface area (Å²) in [7, 11) is 1.74. The predicted molar refractivity (Wildman–Crippen MR) is 179 cm³/mol. The quantitative estimate of drug-likeness (QED) is 0.288. The molecule has 0 aromatic heterocycles. The molecule has 3 N–H and O–H groups in total. The molecule has 0 unspecified atom stereocenters. The highest BCUT2D eigenvalue weighted by molar-refractivity contribution is 6.02. The van der Waals surface area contributed by atoms with Gasteiger partial charge in [-0.2, -0.15) is 0 Å². The molecule has 47 heavy (non-hydrogen) atoms. The molecule has 1 aliphatic rings. The molecule has 1 aliphatic heterocycles. The number of hydrogen-bond acceptors (Lipinski definition) is 6. The van der Waals surface area contributed by atoms with Gasteiger partial charge in [-0.15, -0.1) is 0 Å². The lowest BCUT2D eigenvalue weighted by atomic mass is 10.0. The minimum absolute atomic E-state index is 0.124. The Labute approximate surface area is 275 Å². The molecule has 0 fully saturated rings. The number of halogens is 1. The molecule has 0 bridgehead atoms. The van der Waals surface area contributed by atoms with Gasteiger partial charge in [0.2, 0.25) is 0 Å². The molecule has 0 saturated heterocycles. The fraction of sp³-hybridized carbons (Fsp3) is 0.417. The van der Waals surface area contributed by atoms with Crippen LogP contribution in [0.4, 0.5) is 20.6 Å². The number of hydrogen-bond donors (Lipinski definition) is 3. The van der Waals surface area contributed by atoms with Gasteiger partial charge >= 0.3 is 6.03 Å². The van der Waals surface area contributed by atoms with E-state index < -0.39 is 17.9 Å². The summed E-state index contributed by atoms with van der Waals surface area (Å²) in [6, 6.07) is 18.2. The highest BCUT2D eigenvalue weighted by Crippen LogP contribution is 2.29. The lowest BCUT2D eigenvalue weighted by Gasteiger charge is -2.36. The second kappa shape index (κ2) is 16.9. The Morgan fingerprint density at radius 2 is 1.70 bits per heavy atom. The van der Waals surface area contributed by atoms with Gasteiger partial charge in [0.1, 0.15) is 11.6 Å². The molecule has 11 heteroatoms. The number of nitrogens with zero attached hydrogens (tertiary/aromatic N) is 2. The summed E-state index contributed by atoms with van der Waals surface area (Å²) in [6.45, 7) is 6.43. The molecule has 4 atom stereocenters. The summed E-state index contributed by atoms with van der Waals surface area (Å²) in [5.74, 6) is -0.772. The van der Waals surface area contributed by atoms with E-state index in [1.165, 1.54) is 24.3 Å². The molecule has 0 saturated carbocycles. The third-order valence-electron chi connectivity index (χ3n) is 8.23. The van der Waals surface area contributed by atoms with Gasteiger partial charge in [0.25, 0.3) is 11.8 Å². The van der Waals surface area contributed by atoms with Gasteiger partial charge in [0, 0.05) is 49.6 Å². The van der Waals surface area contributed by atoms with Crippen molar-refractivity contribution in [1.82, 2.24) is 9.80 Å². The summed E-state index contributed by atoms with van der Waals surface area (Å²) in [5, 5.41) is 15.6. The zero-order chi connectivity index (χ0) is 33.9. The lowest BCUT2D eigenvalue weighted by Crippen LogP contribution is -2.48. The van der Waals surface area contributed by atoms with Crippen molar-refractivity contribution in [3.05, 3.63) is 89.7 Å². The highest BCUT2D eigenvalue weighted by atomic mass is 19.1. The van der Waals surface area contributed by atoms with Crippen LogP contribution in [0.3, 0.4) is 0 Å². The van der Waals surface area contributed by atoms with Crippen LogP contribution in [0.1, 0.15) is 60.7 Å². The molecule has 3 aromatic carbocycles. The van der Waals surface area contributed by atoms with Crippen molar-refractivity contribution in [3.8, 4) is 5.75 Å². The smallest absolute Gasteiger partial charge is 0.323 e. The number of aliphatic hydroxyl groups excluding tert-OH is 1. The van der Waals surface area contributed by atoms with Crippen molar-refractivity contribution in [3.63, 3.8) is 0 Å². The van der Waals surface area contributed by atoms with E-state index in [4.69, 9.17) is 9.47 Å². The zero-order valence-corrected chi connectivity index (χ0v) is 27.4. The topological polar surface area (TPSA) is 120 Å². The summed E-state index contributed by atoms with van der Waals surface area (Å²) in [5.41, 5.74) is 1.56. The van der Waals surface area contributed by atoms with Crippen molar-refractivity contribution in [2.75, 3.05) is 44.0 Å². The van der Waals surface area contributed by atoms with E-state index >= 15 is 0 Å². The van der Waals surface area contributed by atoms with Gasteiger partial charge in [-0.3, -0.25) is 9.59 Å². The van der Waals surface area contributed by atoms with Crippen LogP contribution >= 0.6 is 0 Å². The van der Waals surface area contributed by atoms with Gasteiger partial charge in [-0.05, 0) is 87.7 Å². The first-order valence-corrected chi connectivity index (χ1v) is 16.0. The number of rotatable bonds is 7. The lowest BCUT2D eigenvalue weighted by molar-refractivity contribution is -0.0149. The van der Waals surface area contributed by atoms with Crippen LogP contribution < -0.4 is 15.4 Å². The number of fused-ring (bicyclic) bond motifs is 1. The van der Waals surface area contributed by atoms with E-state index in [0.29, 0.717) is 35.8 Å². The van der Waals surface area contributed by atoms with Crippen LogP contribution in [0.5, 0.6) is 5.75 Å². The largest absolute Gasteiger partial charge is 0.490 e. The summed E-state index contributed by atoms with van der Waals surface area (Å²) in [4.78, 5) is 43.4. The average Bonchev–Trinajstić information content (AvgIpc) is 3.07. The Morgan fingerprint density at radius 1 is 1.02 bits per heavy atom. The Balaban J connectivity index is 1.60. The van der Waals surface area contributed by atoms with Gasteiger partial charge in [-0.25, -0.2) is 9.18 Å². The zero-order valence-electron chi connectivity index (χ0n) is 27.4. The predicted octanol–water partition coefficient (Wildman–Crippen LogP) is 6.04. The van der Waals surface area contributed by atoms with Crippen molar-refractivity contribution < 1.29 is 33.4 Å². The van der Waals surface area contributed by atoms with Crippen LogP contribution in [0.15, 0.2) is 72.8 Å². The van der Waals surface area contributed by atoms with Crippen molar-refractivity contribution >= 4 is 29.2 Å². The number of carbonyl (C=O) groups is 3. The van der Waals surface area contributed by atoms with Crippen LogP contribution in [-0.4, -0.2) is 84.4 Å². The molecule has 252 valence electrons. The standard InChI is InChI=1S/C36H45FN4O6/c1-24-21-41(25(2)23-42)35(44)31-20-30(39-36(45)38-29-15-13-28(37)14-16-29)17-18-32(31)47-26(3)10-8-9-19-46-33(24)22-40(4)34(43)27-11-6-5-7-12-27/h5-7,11-18,20,24-26,33,42H,8-10,19,21-23H2,1-4H3,(H2,38,39,45)/t24-,25-,26+,33-/m1/s1. The molecule has 0 spiro atoms. The van der Waals surface area contributed by atoms with E-state index in [-0.39, 0.29) is 48.7 Å². The number of ether oxygens (including phenoxy) is 2. The van der Waals surface area contributed by atoms with E-state index in [0.717, 1.165) is 19.3 Å². The number of likely N-dealkylation sites (N-methyl/N-ethyl adjacent to an activating group) is 1. The average molecular weight is 649 g/mol. The SMILES string of the molecule is C[C@@H]1CN([C@H](C)CO)C(=O)c2cc(NC(=O)Nc3ccc(F)cc3)ccc2O[C@@H](C)CCCCO[C@@H]1CN(C)C(=O)c1ccccc1. The first-order valence-electron chi connectivity index (χ1n) is 16.0. The molecule has 1 heterocycles. The maximum atomic E-state index is 14.3. The second-order valence-corrected chi connectivity index (χ2v) is 12.1. The Hall–Kier alpha value is -4.48. The summed E-state index contributed by atoms with van der Waals surface area (Å²) in [6.07, 6.45) is 1.76. The monoisotopic (exact) mass is 648 g/mol. The second-order valence-electron chi connectivity index (χ2n) is 12.1. The van der Waals surface area contributed by atoms with Crippen molar-refractivity contribution in [1.29, 1.82) is 0 Å². The fourth-order valence-electron chi connectivity index (χ4n) is 5.44. The number of carbonyl (C=O) groups excluding carboxylic acids is 3. The normalized spacial score (nSPS) is 19.8. The number of anilines is 2. The Kier molecular flexibility index (Phi) is 12.7. The van der Waals surface area contributed by atoms with Crippen LogP contribution in [0.2, 0.25) is 0 Å². The van der Waals surface area contributed by atoms with Crippen LogP contribution in [0, 0.1) is 11.7 Å². The van der Waals surface area contributed by atoms with Gasteiger partial charge in [-0.1, -0.05) is 25.1 Å². The Morgan fingerprint density at radius 3 is 2.40 bits per heavy atom. The first-order chi connectivity index (χ1) is 22.5. The van der Waals surface area contributed by atoms with E-state index in [1.54, 1.807) is 54.1 Å². The number of amides is 4. The molecular formula is C36H45FN4O6. The van der Waals surface area contributed by atoms with E-state index in [9.17, 15) is 23.9 Å². The molecule has 0 aliphatic carbocycles. The number of urea groups is 1. The van der Waals surface area contributed by atoms with E-state index in [1.807, 2.05) is 32.0 Å². The number of nitrogens with one attached hydrogen (secondary N) is 2. The van der Waals surface area contributed by atoms with Crippen molar-refractivity contribution in [2.45, 2.75) is 58.3 Å². The third-order valence-corrected chi connectivity index (χ3v) is 8.23. The van der Waals surface area contributed by atoms with Crippen LogP contribution in [0.25, 0.3) is 0 Å². The molecule has 10 nitrogen and oxygen atoms in total. The fourth-order valence-corrected chi connectivity index (χ4v) is 5.44. The number of aliphatic hydroxyl groups is 1. The van der Waals surface area contributed by atoms with Crippen molar-refractivity contribution in [2.24, 2.45) is 5.92 Å². The van der Waals surface area contributed by atoms with Gasteiger partial charge in [0.15, 0.2) is 0 Å². The minimum atomic E-state index is -0.567. The maximum Gasteiger partial charge on any atom is 0.323 e. The molecule has 3 aromatic rings. The maximum absolute atomic E-state index is 14.3. The Bertz CT molecular complexity index is 1490. The summed E-state index contributed by atoms with van der Waals surface area (Å²) >= 11 is 0. The van der Waals surface area contributed by atoms with Gasteiger partial charge < -0.3 is 35.0 Å². The first kappa shape index (κ1) is 35.4. The minimum Gasteiger partial charge on any atom is -0.490 e. The molecular weight excluding hydrogens is 603 g/mol. The van der Waals surface area contributed by atoms with E-state index in [2.05, 4.69) is 10.6 Å². The highest BCUT2D eigenvalue weighted by Gasteiger charge is 2.31. The third kappa shape index (κ3) is 10.0. The molecule has 4 rings (SSSR count). The van der Waals surface area contributed by atoms with Gasteiger partial charge in [0.05, 0.1) is 30.4 Å². The molecule has 0 radical (unpaired) electrons. The van der Waals surface area contributed by atoms with Crippen LogP contribution in [-0.2, 0) is 4.74 Å². The summed E-state index contributed by atoms with van der Waals surface area (Å²) < 4.78 is 25.9. The molecule has 4 amide bonds. The number of benzene rings is 3.